The van der Waals surface area contributed by atoms with Gasteiger partial charge < -0.3 is 10.6 Å². The minimum Gasteiger partial charge on any atom is -0.348 e. The van der Waals surface area contributed by atoms with Crippen LogP contribution in [0.25, 0.3) is 0 Å². The van der Waals surface area contributed by atoms with Gasteiger partial charge in [0.25, 0.3) is 5.91 Å². The highest BCUT2D eigenvalue weighted by molar-refractivity contribution is 6.31. The van der Waals surface area contributed by atoms with Crippen molar-refractivity contribution in [2.24, 2.45) is 0 Å². The summed E-state index contributed by atoms with van der Waals surface area (Å²) in [6, 6.07) is 12.0. The van der Waals surface area contributed by atoms with E-state index in [2.05, 4.69) is 15.6 Å². The standard InChI is InChI=1S/C22H20ClF2N3O/c1-13(2)17-10-21(28-16-7-8-20(25)19(23)9-16)26-12-18(17)22(29)27-11-14-3-5-15(24)6-4-14/h3-10,12-13H,11H2,1-2H3,(H,26,28)(H,27,29). The van der Waals surface area contributed by atoms with Crippen molar-refractivity contribution in [1.82, 2.24) is 10.3 Å². The maximum Gasteiger partial charge on any atom is 0.253 e. The lowest BCUT2D eigenvalue weighted by atomic mass is 9.98. The first kappa shape index (κ1) is 20.7. The number of nitrogens with zero attached hydrogens (tertiary/aromatic N) is 1. The van der Waals surface area contributed by atoms with Gasteiger partial charge in [-0.25, -0.2) is 13.8 Å². The largest absolute Gasteiger partial charge is 0.348 e. The lowest BCUT2D eigenvalue weighted by molar-refractivity contribution is 0.0949. The highest BCUT2D eigenvalue weighted by Crippen LogP contribution is 2.26. The maximum atomic E-state index is 13.3. The first-order valence-corrected chi connectivity index (χ1v) is 9.46. The van der Waals surface area contributed by atoms with Crippen molar-refractivity contribution >= 4 is 29.0 Å². The fraction of sp³-hybridized carbons (Fsp3) is 0.182. The molecule has 0 aliphatic heterocycles. The number of nitrogens with one attached hydrogen (secondary N) is 2. The smallest absolute Gasteiger partial charge is 0.253 e. The van der Waals surface area contributed by atoms with E-state index in [0.29, 0.717) is 17.1 Å². The van der Waals surface area contributed by atoms with Crippen molar-refractivity contribution in [2.45, 2.75) is 26.3 Å². The highest BCUT2D eigenvalue weighted by Gasteiger charge is 2.16. The monoisotopic (exact) mass is 415 g/mol. The van der Waals surface area contributed by atoms with Crippen molar-refractivity contribution in [1.29, 1.82) is 0 Å². The van der Waals surface area contributed by atoms with Crippen LogP contribution in [-0.2, 0) is 6.54 Å². The number of pyridine rings is 1. The van der Waals surface area contributed by atoms with Gasteiger partial charge in [0, 0.05) is 18.4 Å². The van der Waals surface area contributed by atoms with Gasteiger partial charge in [-0.3, -0.25) is 4.79 Å². The molecule has 1 amide bonds. The van der Waals surface area contributed by atoms with Crippen LogP contribution in [0.4, 0.5) is 20.3 Å². The lowest BCUT2D eigenvalue weighted by Gasteiger charge is -2.15. The predicted molar refractivity (Wildman–Crippen MR) is 111 cm³/mol. The molecular weight excluding hydrogens is 396 g/mol. The number of hydrogen-bond acceptors (Lipinski definition) is 3. The van der Waals surface area contributed by atoms with E-state index in [1.54, 1.807) is 24.3 Å². The number of benzene rings is 2. The van der Waals surface area contributed by atoms with Crippen molar-refractivity contribution in [3.63, 3.8) is 0 Å². The van der Waals surface area contributed by atoms with E-state index in [0.717, 1.165) is 11.1 Å². The summed E-state index contributed by atoms with van der Waals surface area (Å²) >= 11 is 5.81. The summed E-state index contributed by atoms with van der Waals surface area (Å²) in [5.74, 6) is -0.492. The zero-order valence-corrected chi connectivity index (χ0v) is 16.7. The second kappa shape index (κ2) is 9.01. The molecule has 1 heterocycles. The summed E-state index contributed by atoms with van der Waals surface area (Å²) in [6.45, 7) is 4.24. The third kappa shape index (κ3) is 5.29. The van der Waals surface area contributed by atoms with Gasteiger partial charge in [0.1, 0.15) is 17.5 Å². The number of amides is 1. The Kier molecular flexibility index (Phi) is 6.44. The SMILES string of the molecule is CC(C)c1cc(Nc2ccc(F)c(Cl)c2)ncc1C(=O)NCc1ccc(F)cc1. The Morgan fingerprint density at radius 1 is 1.10 bits per heavy atom. The molecule has 0 bridgehead atoms. The molecule has 29 heavy (non-hydrogen) atoms. The molecule has 4 nitrogen and oxygen atoms in total. The molecule has 1 aromatic heterocycles. The lowest BCUT2D eigenvalue weighted by Crippen LogP contribution is -2.24. The van der Waals surface area contributed by atoms with Crippen LogP contribution < -0.4 is 10.6 Å². The molecule has 0 radical (unpaired) electrons. The first-order valence-electron chi connectivity index (χ1n) is 9.08. The number of anilines is 2. The third-order valence-corrected chi connectivity index (χ3v) is 4.65. The molecule has 0 saturated carbocycles. The maximum absolute atomic E-state index is 13.3. The Labute approximate surface area is 172 Å². The van der Waals surface area contributed by atoms with Gasteiger partial charge in [-0.15, -0.1) is 0 Å². The molecule has 0 fully saturated rings. The van der Waals surface area contributed by atoms with Gasteiger partial charge in [0.2, 0.25) is 0 Å². The molecule has 3 rings (SSSR count). The number of rotatable bonds is 6. The second-order valence-electron chi connectivity index (χ2n) is 6.87. The zero-order valence-electron chi connectivity index (χ0n) is 16.0. The average molecular weight is 416 g/mol. The van der Waals surface area contributed by atoms with Crippen molar-refractivity contribution in [3.8, 4) is 0 Å². The Bertz CT molecular complexity index is 1020. The van der Waals surface area contributed by atoms with Gasteiger partial charge in [-0.1, -0.05) is 37.6 Å². The molecule has 0 aliphatic rings. The first-order chi connectivity index (χ1) is 13.8. The topological polar surface area (TPSA) is 54.0 Å². The van der Waals surface area contributed by atoms with Crippen molar-refractivity contribution in [2.75, 3.05) is 5.32 Å². The van der Waals surface area contributed by atoms with Crippen LogP contribution in [0.2, 0.25) is 5.02 Å². The Morgan fingerprint density at radius 2 is 1.83 bits per heavy atom. The fourth-order valence-corrected chi connectivity index (χ4v) is 2.99. The van der Waals surface area contributed by atoms with Crippen molar-refractivity contribution < 1.29 is 13.6 Å². The summed E-state index contributed by atoms with van der Waals surface area (Å²) in [6.07, 6.45) is 1.50. The van der Waals surface area contributed by atoms with Crippen LogP contribution in [0.5, 0.6) is 0 Å². The number of hydrogen-bond donors (Lipinski definition) is 2. The van der Waals surface area contributed by atoms with E-state index in [-0.39, 0.29) is 29.2 Å². The molecule has 3 aromatic rings. The molecule has 0 unspecified atom stereocenters. The van der Waals surface area contributed by atoms with E-state index in [4.69, 9.17) is 11.6 Å². The van der Waals surface area contributed by atoms with E-state index < -0.39 is 5.82 Å². The molecule has 2 aromatic carbocycles. The third-order valence-electron chi connectivity index (χ3n) is 4.36. The van der Waals surface area contributed by atoms with Crippen LogP contribution in [-0.4, -0.2) is 10.9 Å². The number of carbonyl (C=O) groups is 1. The summed E-state index contributed by atoms with van der Waals surface area (Å²) in [4.78, 5) is 17.0. The van der Waals surface area contributed by atoms with Gasteiger partial charge in [-0.05, 0) is 53.4 Å². The van der Waals surface area contributed by atoms with Gasteiger partial charge in [0.05, 0.1) is 10.6 Å². The predicted octanol–water partition coefficient (Wildman–Crippen LogP) is 5.81. The molecule has 0 aliphatic carbocycles. The summed E-state index contributed by atoms with van der Waals surface area (Å²) in [5, 5.41) is 5.91. The quantitative estimate of drug-likeness (QED) is 0.534. The zero-order chi connectivity index (χ0) is 21.0. The van der Waals surface area contributed by atoms with Crippen LogP contribution in [0.15, 0.2) is 54.7 Å². The molecular formula is C22H20ClF2N3O. The Morgan fingerprint density at radius 3 is 2.48 bits per heavy atom. The summed E-state index contributed by atoms with van der Waals surface area (Å²) in [5.41, 5.74) is 2.66. The fourth-order valence-electron chi connectivity index (χ4n) is 2.81. The normalized spacial score (nSPS) is 10.8. The van der Waals surface area contributed by atoms with E-state index in [1.165, 1.54) is 30.5 Å². The minimum atomic E-state index is -0.499. The van der Waals surface area contributed by atoms with Crippen LogP contribution in [0.3, 0.4) is 0 Å². The van der Waals surface area contributed by atoms with Gasteiger partial charge in [-0.2, -0.15) is 0 Å². The van der Waals surface area contributed by atoms with E-state index in [1.807, 2.05) is 13.8 Å². The number of carbonyl (C=O) groups excluding carboxylic acids is 1. The Hall–Kier alpha value is -2.99. The highest BCUT2D eigenvalue weighted by atomic mass is 35.5. The number of halogens is 3. The van der Waals surface area contributed by atoms with Gasteiger partial charge in [0.15, 0.2) is 0 Å². The molecule has 0 saturated heterocycles. The molecule has 150 valence electrons. The van der Waals surface area contributed by atoms with Crippen LogP contribution in [0, 0.1) is 11.6 Å². The molecule has 2 N–H and O–H groups in total. The van der Waals surface area contributed by atoms with E-state index >= 15 is 0 Å². The van der Waals surface area contributed by atoms with E-state index in [9.17, 15) is 13.6 Å². The second-order valence-corrected chi connectivity index (χ2v) is 7.28. The summed E-state index contributed by atoms with van der Waals surface area (Å²) in [7, 11) is 0. The minimum absolute atomic E-state index is 0.0101. The molecule has 0 spiro atoms. The van der Waals surface area contributed by atoms with Crippen molar-refractivity contribution in [3.05, 3.63) is 88.1 Å². The summed E-state index contributed by atoms with van der Waals surface area (Å²) < 4.78 is 26.3. The Balaban J connectivity index is 1.77. The molecule has 7 heteroatoms. The van der Waals surface area contributed by atoms with Crippen LogP contribution >= 0.6 is 11.6 Å². The van der Waals surface area contributed by atoms with Crippen LogP contribution in [0.1, 0.15) is 41.3 Å². The van der Waals surface area contributed by atoms with Gasteiger partial charge >= 0.3 is 0 Å². The number of aromatic nitrogens is 1. The molecule has 0 atom stereocenters. The average Bonchev–Trinajstić information content (AvgIpc) is 2.70.